The molecule has 20 heavy (non-hydrogen) atoms. The van der Waals surface area contributed by atoms with Gasteiger partial charge in [-0.05, 0) is 31.1 Å². The molecule has 2 atom stereocenters. The first-order valence-corrected chi connectivity index (χ1v) is 8.61. The van der Waals surface area contributed by atoms with Gasteiger partial charge in [0.1, 0.15) is 0 Å². The largest absolute Gasteiger partial charge is 0.466 e. The minimum atomic E-state index is -0.0404. The zero-order valence-corrected chi connectivity index (χ0v) is 14.4. The third kappa shape index (κ3) is 12.5. The molecule has 0 spiro atoms. The van der Waals surface area contributed by atoms with Crippen LogP contribution >= 0.6 is 0 Å². The van der Waals surface area contributed by atoms with Crippen LogP contribution in [-0.4, -0.2) is 12.6 Å². The van der Waals surface area contributed by atoms with Crippen LogP contribution in [0.4, 0.5) is 0 Å². The van der Waals surface area contributed by atoms with Crippen LogP contribution in [0.1, 0.15) is 86.0 Å². The van der Waals surface area contributed by atoms with E-state index < -0.39 is 0 Å². The Bertz CT molecular complexity index is 236. The van der Waals surface area contributed by atoms with Crippen molar-refractivity contribution >= 4 is 5.97 Å². The van der Waals surface area contributed by atoms with Gasteiger partial charge in [-0.3, -0.25) is 4.79 Å². The summed E-state index contributed by atoms with van der Waals surface area (Å²) in [5.74, 6) is 2.29. The Morgan fingerprint density at radius 2 is 1.35 bits per heavy atom. The lowest BCUT2D eigenvalue weighted by atomic mass is 9.92. The van der Waals surface area contributed by atoms with E-state index in [4.69, 9.17) is 4.74 Å². The van der Waals surface area contributed by atoms with Crippen LogP contribution in [0.3, 0.4) is 0 Å². The molecular weight excluding hydrogens is 248 g/mol. The molecule has 0 bridgehead atoms. The molecule has 0 N–H and O–H groups in total. The van der Waals surface area contributed by atoms with E-state index in [2.05, 4.69) is 27.7 Å². The lowest BCUT2D eigenvalue weighted by Crippen LogP contribution is -2.06. The molecule has 0 saturated carbocycles. The first-order valence-electron chi connectivity index (χ1n) is 8.61. The van der Waals surface area contributed by atoms with Crippen LogP contribution in [0.2, 0.25) is 0 Å². The maximum Gasteiger partial charge on any atom is 0.305 e. The molecule has 0 radical (unpaired) electrons. The maximum atomic E-state index is 11.3. The van der Waals surface area contributed by atoms with Crippen molar-refractivity contribution in [3.8, 4) is 0 Å². The molecule has 0 aliphatic rings. The van der Waals surface area contributed by atoms with E-state index in [0.717, 1.165) is 18.3 Å². The van der Waals surface area contributed by atoms with Gasteiger partial charge in [0.2, 0.25) is 0 Å². The first kappa shape index (κ1) is 19.5. The van der Waals surface area contributed by atoms with E-state index in [9.17, 15) is 4.79 Å². The van der Waals surface area contributed by atoms with E-state index in [0.29, 0.717) is 18.9 Å². The summed E-state index contributed by atoms with van der Waals surface area (Å²) in [5.41, 5.74) is 0. The summed E-state index contributed by atoms with van der Waals surface area (Å²) in [4.78, 5) is 11.3. The fraction of sp³-hybridized carbons (Fsp3) is 0.944. The molecular formula is C18H36O2. The van der Waals surface area contributed by atoms with Gasteiger partial charge in [0.05, 0.1) is 6.61 Å². The van der Waals surface area contributed by atoms with E-state index >= 15 is 0 Å². The second kappa shape index (κ2) is 12.2. The van der Waals surface area contributed by atoms with Crippen molar-refractivity contribution in [2.75, 3.05) is 6.61 Å². The van der Waals surface area contributed by atoms with Crippen molar-refractivity contribution in [1.82, 2.24) is 0 Å². The highest BCUT2D eigenvalue weighted by molar-refractivity contribution is 5.69. The summed E-state index contributed by atoms with van der Waals surface area (Å²) in [5, 5.41) is 0. The van der Waals surface area contributed by atoms with Crippen LogP contribution < -0.4 is 0 Å². The lowest BCUT2D eigenvalue weighted by Gasteiger charge is -2.14. The predicted octanol–water partition coefficient (Wildman–Crippen LogP) is 5.60. The number of ether oxygens (including phenoxy) is 1. The molecule has 2 nitrogen and oxygen atoms in total. The molecule has 0 fully saturated rings. The van der Waals surface area contributed by atoms with E-state index in [-0.39, 0.29) is 5.97 Å². The Labute approximate surface area is 126 Å². The van der Waals surface area contributed by atoms with Gasteiger partial charge in [-0.2, -0.15) is 0 Å². The Balaban J connectivity index is 3.50. The van der Waals surface area contributed by atoms with Crippen molar-refractivity contribution in [3.05, 3.63) is 0 Å². The van der Waals surface area contributed by atoms with Crippen LogP contribution in [0.5, 0.6) is 0 Å². The van der Waals surface area contributed by atoms with Crippen LogP contribution in [0.25, 0.3) is 0 Å². The average Bonchev–Trinajstić information content (AvgIpc) is 2.36. The Hall–Kier alpha value is -0.530. The molecule has 0 aromatic rings. The second-order valence-electron chi connectivity index (χ2n) is 6.81. The molecule has 0 aliphatic heterocycles. The summed E-state index contributed by atoms with van der Waals surface area (Å²) < 4.78 is 4.96. The number of carbonyl (C=O) groups excluding carboxylic acids is 1. The van der Waals surface area contributed by atoms with Gasteiger partial charge in [0, 0.05) is 6.42 Å². The van der Waals surface area contributed by atoms with Gasteiger partial charge in [-0.25, -0.2) is 0 Å². The number of carbonyl (C=O) groups is 1. The SMILES string of the molecule is CCOC(=O)CCC(C)CCCC(C)CCCC(C)C. The first-order chi connectivity index (χ1) is 9.45. The number of hydrogen-bond acceptors (Lipinski definition) is 2. The highest BCUT2D eigenvalue weighted by Crippen LogP contribution is 2.20. The minimum Gasteiger partial charge on any atom is -0.466 e. The Kier molecular flexibility index (Phi) is 11.9. The van der Waals surface area contributed by atoms with Crippen molar-refractivity contribution in [2.24, 2.45) is 17.8 Å². The lowest BCUT2D eigenvalue weighted by molar-refractivity contribution is -0.143. The quantitative estimate of drug-likeness (QED) is 0.436. The summed E-state index contributed by atoms with van der Waals surface area (Å²) in [7, 11) is 0. The van der Waals surface area contributed by atoms with Gasteiger partial charge in [-0.15, -0.1) is 0 Å². The standard InChI is InChI=1S/C18H36O2/c1-6-20-18(19)14-13-17(5)12-8-11-16(4)10-7-9-15(2)3/h15-17H,6-14H2,1-5H3. The Morgan fingerprint density at radius 1 is 0.850 bits per heavy atom. The molecule has 2 heteroatoms. The molecule has 0 aromatic carbocycles. The smallest absolute Gasteiger partial charge is 0.305 e. The number of esters is 1. The summed E-state index contributed by atoms with van der Waals surface area (Å²) >= 11 is 0. The van der Waals surface area contributed by atoms with Crippen molar-refractivity contribution in [1.29, 1.82) is 0 Å². The molecule has 0 amide bonds. The summed E-state index contributed by atoms with van der Waals surface area (Å²) in [6, 6.07) is 0. The zero-order chi connectivity index (χ0) is 15.4. The van der Waals surface area contributed by atoms with Crippen molar-refractivity contribution in [3.63, 3.8) is 0 Å². The van der Waals surface area contributed by atoms with Gasteiger partial charge in [0.15, 0.2) is 0 Å². The highest BCUT2D eigenvalue weighted by Gasteiger charge is 2.09. The fourth-order valence-corrected chi connectivity index (χ4v) is 2.58. The molecule has 0 aliphatic carbocycles. The van der Waals surface area contributed by atoms with Gasteiger partial charge in [-0.1, -0.05) is 66.2 Å². The molecule has 120 valence electrons. The van der Waals surface area contributed by atoms with Crippen LogP contribution in [-0.2, 0) is 9.53 Å². The number of rotatable bonds is 12. The molecule has 0 aromatic heterocycles. The second-order valence-corrected chi connectivity index (χ2v) is 6.81. The monoisotopic (exact) mass is 284 g/mol. The molecule has 0 rings (SSSR count). The van der Waals surface area contributed by atoms with E-state index in [1.54, 1.807) is 0 Å². The van der Waals surface area contributed by atoms with Crippen LogP contribution in [0, 0.1) is 17.8 Å². The normalized spacial score (nSPS) is 14.3. The summed E-state index contributed by atoms with van der Waals surface area (Å²) in [6.07, 6.45) is 9.54. The zero-order valence-electron chi connectivity index (χ0n) is 14.4. The fourth-order valence-electron chi connectivity index (χ4n) is 2.58. The van der Waals surface area contributed by atoms with E-state index in [1.807, 2.05) is 6.92 Å². The third-order valence-electron chi connectivity index (χ3n) is 4.02. The van der Waals surface area contributed by atoms with Crippen molar-refractivity contribution in [2.45, 2.75) is 86.0 Å². The topological polar surface area (TPSA) is 26.3 Å². The van der Waals surface area contributed by atoms with Gasteiger partial charge >= 0.3 is 5.97 Å². The Morgan fingerprint density at radius 3 is 1.85 bits per heavy atom. The molecule has 2 unspecified atom stereocenters. The van der Waals surface area contributed by atoms with E-state index in [1.165, 1.54) is 38.5 Å². The number of hydrogen-bond donors (Lipinski definition) is 0. The minimum absolute atomic E-state index is 0.0404. The van der Waals surface area contributed by atoms with Crippen LogP contribution in [0.15, 0.2) is 0 Å². The average molecular weight is 284 g/mol. The summed E-state index contributed by atoms with van der Waals surface area (Å²) in [6.45, 7) is 11.6. The molecule has 0 heterocycles. The van der Waals surface area contributed by atoms with Gasteiger partial charge < -0.3 is 4.74 Å². The van der Waals surface area contributed by atoms with Gasteiger partial charge in [0.25, 0.3) is 0 Å². The predicted molar refractivity (Wildman–Crippen MR) is 86.7 cm³/mol. The highest BCUT2D eigenvalue weighted by atomic mass is 16.5. The molecule has 0 saturated heterocycles. The maximum absolute atomic E-state index is 11.3. The third-order valence-corrected chi connectivity index (χ3v) is 4.02. The van der Waals surface area contributed by atoms with Crippen molar-refractivity contribution < 1.29 is 9.53 Å².